The van der Waals surface area contributed by atoms with Crippen molar-refractivity contribution < 1.29 is 97.2 Å². The third-order valence-corrected chi connectivity index (χ3v) is 0. The van der Waals surface area contributed by atoms with Crippen molar-refractivity contribution in [2.24, 2.45) is 0 Å². The third kappa shape index (κ3) is 20.8. The van der Waals surface area contributed by atoms with E-state index in [0.717, 1.165) is 0 Å². The van der Waals surface area contributed by atoms with E-state index in [2.05, 4.69) is 0 Å². The first-order valence-electron chi connectivity index (χ1n) is 0. The van der Waals surface area contributed by atoms with Gasteiger partial charge >= 0.3 is 0 Å². The zero-order chi connectivity index (χ0) is 0. The van der Waals surface area contributed by atoms with Crippen LogP contribution in [-0.4, -0.2) is 0 Å². The molecule has 0 bridgehead atoms. The molecule has 0 aliphatic heterocycles. The van der Waals surface area contributed by atoms with Gasteiger partial charge in [0.1, 0.15) is 0 Å². The Labute approximate surface area is 95.0 Å². The quantitative estimate of drug-likeness (QED) is 0.578. The van der Waals surface area contributed by atoms with Gasteiger partial charge < -0.3 is 16.4 Å². The monoisotopic (exact) mass is 338 g/mol. The predicted octanol–water partition coefficient (Wildman–Crippen LogP) is -0.356. The van der Waals surface area contributed by atoms with Crippen LogP contribution in [0.15, 0.2) is 0 Å². The summed E-state index contributed by atoms with van der Waals surface area (Å²) in [5.41, 5.74) is 0. The van der Waals surface area contributed by atoms with E-state index in [9.17, 15) is 0 Å². The van der Waals surface area contributed by atoms with Crippen LogP contribution in [-0.2, 0) is 16.4 Å². The fourth-order valence-electron chi connectivity index (χ4n) is 0. The molecule has 0 saturated carbocycles. The number of hydrogen-bond donors (Lipinski definition) is 0. The summed E-state index contributed by atoms with van der Waals surface area (Å²) in [7, 11) is 0. The van der Waals surface area contributed by atoms with E-state index in [1.807, 2.05) is 0 Å². The van der Waals surface area contributed by atoms with E-state index in [1.165, 1.54) is 0 Å². The molecule has 5 heteroatoms. The molecule has 5 heavy (non-hydrogen) atoms. The Balaban J connectivity index is 0. The van der Waals surface area contributed by atoms with Crippen LogP contribution in [0, 0.1) is 80.8 Å². The van der Waals surface area contributed by atoms with Gasteiger partial charge in [-0.15, -0.1) is 0 Å². The van der Waals surface area contributed by atoms with Gasteiger partial charge in [0.15, 0.2) is 0 Å². The minimum absolute atomic E-state index is 0. The molecule has 0 aromatic heterocycles. The Hall–Kier alpha value is 2.56. The summed E-state index contributed by atoms with van der Waals surface area (Å²) < 4.78 is 0. The van der Waals surface area contributed by atoms with Gasteiger partial charge in [0.25, 0.3) is 0 Å². The molecule has 0 fully saturated rings. The maximum atomic E-state index is 0. The molecule has 0 rings (SSSR count). The molecule has 34 valence electrons. The summed E-state index contributed by atoms with van der Waals surface area (Å²) in [5, 5.41) is 0. The molecular weight excluding hydrogens is 338 g/mol. The van der Waals surface area contributed by atoms with Crippen LogP contribution < -0.4 is 0 Å². The fourth-order valence-corrected chi connectivity index (χ4v) is 0. The van der Waals surface area contributed by atoms with E-state index < -0.39 is 0 Å². The second-order valence-corrected chi connectivity index (χ2v) is 0. The molecule has 0 spiro atoms. The zero-order valence-electron chi connectivity index (χ0n) is 2.12. The molecule has 2 radical (unpaired) electrons. The van der Waals surface area contributed by atoms with Crippen LogP contribution in [0.1, 0.15) is 0 Å². The van der Waals surface area contributed by atoms with Crippen molar-refractivity contribution in [3.63, 3.8) is 0 Å². The van der Waals surface area contributed by atoms with Crippen LogP contribution >= 0.6 is 0 Å². The van der Waals surface area contributed by atoms with Gasteiger partial charge in [-0.3, -0.25) is 0 Å². The first kappa shape index (κ1) is 49.7. The molecule has 0 aromatic carbocycles. The summed E-state index contributed by atoms with van der Waals surface area (Å²) >= 11 is 0. The Morgan fingerprint density at radius 3 is 0.400 bits per heavy atom. The van der Waals surface area contributed by atoms with Crippen molar-refractivity contribution in [1.29, 1.82) is 0 Å². The summed E-state index contributed by atoms with van der Waals surface area (Å²) in [6, 6.07) is 0. The zero-order valence-corrected chi connectivity index (χ0v) is 7.86. The van der Waals surface area contributed by atoms with Gasteiger partial charge in [0, 0.05) is 80.8 Å². The first-order valence-corrected chi connectivity index (χ1v) is 0. The van der Waals surface area contributed by atoms with Crippen molar-refractivity contribution in [3.8, 4) is 0 Å². The molecule has 0 aromatic rings. The summed E-state index contributed by atoms with van der Waals surface area (Å²) in [6.07, 6.45) is 0. The molecule has 0 saturated heterocycles. The van der Waals surface area contributed by atoms with Crippen molar-refractivity contribution in [3.05, 3.63) is 0 Å². The minimum Gasteiger partial charge on any atom is -2.00 e. The maximum Gasteiger partial charge on any atom is 0 e. The average Bonchev–Trinajstić information content (AvgIpc) is 0. The third-order valence-electron chi connectivity index (χ3n) is 0. The molecule has 0 amide bonds. The van der Waals surface area contributed by atoms with Crippen molar-refractivity contribution >= 4 is 0 Å². The second kappa shape index (κ2) is 31.0. The smallest absolute Gasteiger partial charge is 0 e. The van der Waals surface area contributed by atoms with E-state index in [4.69, 9.17) is 0 Å². The van der Waals surface area contributed by atoms with Crippen LogP contribution in [0.25, 0.3) is 0 Å². The van der Waals surface area contributed by atoms with Crippen LogP contribution in [0.5, 0.6) is 0 Å². The van der Waals surface area contributed by atoms with Gasteiger partial charge in [0.05, 0.1) is 0 Å². The standard InChI is InChI=1S/3O.2Pm/q3*-2;;. The summed E-state index contributed by atoms with van der Waals surface area (Å²) in [6.45, 7) is 0. The summed E-state index contributed by atoms with van der Waals surface area (Å²) in [5.74, 6) is 0. The summed E-state index contributed by atoms with van der Waals surface area (Å²) in [4.78, 5) is 0. The SMILES string of the molecule is [O-2].[O-2].[O-2].[Pm].[Pm]. The molecule has 0 aliphatic rings. The van der Waals surface area contributed by atoms with Crippen LogP contribution in [0.3, 0.4) is 0 Å². The van der Waals surface area contributed by atoms with Crippen molar-refractivity contribution in [1.82, 2.24) is 0 Å². The molecular formula is O3Pm2-6. The minimum atomic E-state index is 0. The van der Waals surface area contributed by atoms with Crippen LogP contribution in [0.4, 0.5) is 0 Å². The average molecular weight is 338 g/mol. The molecule has 0 heterocycles. The van der Waals surface area contributed by atoms with Gasteiger partial charge in [-0.2, -0.15) is 0 Å². The molecule has 0 aliphatic carbocycles. The Morgan fingerprint density at radius 2 is 0.400 bits per heavy atom. The molecule has 0 unspecified atom stereocenters. The molecule has 3 nitrogen and oxygen atoms in total. The maximum absolute atomic E-state index is 0. The van der Waals surface area contributed by atoms with Gasteiger partial charge in [-0.05, 0) is 0 Å². The van der Waals surface area contributed by atoms with Gasteiger partial charge in [-0.25, -0.2) is 0 Å². The Kier molecular flexibility index (Phi) is 308. The molecule has 0 N–H and O–H groups in total. The fraction of sp³-hybridized carbons (Fsp3) is 0. The van der Waals surface area contributed by atoms with E-state index >= 15 is 0 Å². The number of hydrogen-bond acceptors (Lipinski definition) is 0. The topological polar surface area (TPSA) is 85.5 Å². The second-order valence-electron chi connectivity index (χ2n) is 0. The van der Waals surface area contributed by atoms with Crippen molar-refractivity contribution in [2.45, 2.75) is 0 Å². The largest absolute Gasteiger partial charge is 2.00 e. The van der Waals surface area contributed by atoms with Crippen molar-refractivity contribution in [2.75, 3.05) is 0 Å². The predicted molar refractivity (Wildman–Crippen MR) is 2.06 cm³/mol. The first-order chi connectivity index (χ1) is 0. The Bertz CT molecular complexity index is 4.85. The Morgan fingerprint density at radius 1 is 0.400 bits per heavy atom. The van der Waals surface area contributed by atoms with Gasteiger partial charge in [-0.1, -0.05) is 0 Å². The van der Waals surface area contributed by atoms with Crippen LogP contribution in [0.2, 0.25) is 0 Å². The van der Waals surface area contributed by atoms with E-state index in [-0.39, 0.29) is 97.2 Å². The van der Waals surface area contributed by atoms with E-state index in [1.54, 1.807) is 0 Å². The number of rotatable bonds is 0. The normalized spacial score (nSPS) is 0. The van der Waals surface area contributed by atoms with E-state index in [0.29, 0.717) is 0 Å². The molecule has 0 atom stereocenters. The van der Waals surface area contributed by atoms with Gasteiger partial charge in [0.2, 0.25) is 0 Å².